The summed E-state index contributed by atoms with van der Waals surface area (Å²) in [4.78, 5) is 0. The molecule has 0 spiro atoms. The van der Waals surface area contributed by atoms with Crippen molar-refractivity contribution in [2.24, 2.45) is 0 Å². The predicted octanol–water partition coefficient (Wildman–Crippen LogP) is 1.16. The van der Waals surface area contributed by atoms with Crippen molar-refractivity contribution >= 4 is 0 Å². The maximum atomic E-state index is 7.49. The van der Waals surface area contributed by atoms with Crippen LogP contribution in [-0.2, 0) is 4.74 Å². The SMILES string of the molecule is [2H]C([2H])([2H])C1(C([2H])([2H])[2H])OCCNC1(C)C. The van der Waals surface area contributed by atoms with Crippen LogP contribution in [0.4, 0.5) is 0 Å². The minimum absolute atomic E-state index is 0.0835. The molecule has 0 saturated carbocycles. The lowest BCUT2D eigenvalue weighted by molar-refractivity contribution is -0.103. The molecule has 2 heteroatoms. The minimum Gasteiger partial charge on any atom is -0.372 e. The summed E-state index contributed by atoms with van der Waals surface area (Å²) in [5, 5.41) is 2.92. The lowest BCUT2D eigenvalue weighted by Crippen LogP contribution is -2.62. The van der Waals surface area contributed by atoms with E-state index < -0.39 is 24.8 Å². The van der Waals surface area contributed by atoms with Gasteiger partial charge in [0.05, 0.1) is 12.2 Å². The molecule has 0 aromatic heterocycles. The van der Waals surface area contributed by atoms with Gasteiger partial charge in [-0.2, -0.15) is 0 Å². The molecule has 0 aromatic rings. The summed E-state index contributed by atoms with van der Waals surface area (Å²) < 4.78 is 50.2. The van der Waals surface area contributed by atoms with Gasteiger partial charge in [0.1, 0.15) is 0 Å². The van der Waals surface area contributed by atoms with Crippen LogP contribution < -0.4 is 5.32 Å². The fourth-order valence-electron chi connectivity index (χ4n) is 0.873. The molecule has 1 saturated heterocycles. The van der Waals surface area contributed by atoms with Gasteiger partial charge < -0.3 is 10.1 Å². The first-order chi connectivity index (χ1) is 6.96. The van der Waals surface area contributed by atoms with E-state index in [4.69, 9.17) is 13.0 Å². The third-order valence-corrected chi connectivity index (χ3v) is 1.87. The quantitative estimate of drug-likeness (QED) is 0.558. The van der Waals surface area contributed by atoms with E-state index in [2.05, 4.69) is 5.32 Å². The van der Waals surface area contributed by atoms with Crippen LogP contribution in [0.25, 0.3) is 0 Å². The Morgan fingerprint density at radius 1 is 1.50 bits per heavy atom. The highest BCUT2D eigenvalue weighted by atomic mass is 16.5. The van der Waals surface area contributed by atoms with Gasteiger partial charge in [-0.3, -0.25) is 0 Å². The lowest BCUT2D eigenvalue weighted by Gasteiger charge is -2.46. The van der Waals surface area contributed by atoms with Crippen molar-refractivity contribution < 1.29 is 13.0 Å². The Kier molecular flexibility index (Phi) is 0.688. The molecule has 1 rings (SSSR count). The van der Waals surface area contributed by atoms with Crippen LogP contribution in [0, 0.1) is 0 Å². The summed E-state index contributed by atoms with van der Waals surface area (Å²) in [6, 6.07) is 0. The van der Waals surface area contributed by atoms with Crippen LogP contribution in [0.2, 0.25) is 0 Å². The molecule has 1 N–H and O–H groups in total. The van der Waals surface area contributed by atoms with E-state index in [0.29, 0.717) is 6.54 Å². The molecule has 1 heterocycles. The van der Waals surface area contributed by atoms with Crippen LogP contribution in [-0.4, -0.2) is 24.3 Å². The van der Waals surface area contributed by atoms with Gasteiger partial charge in [0.25, 0.3) is 0 Å². The second-order valence-electron chi connectivity index (χ2n) is 3.08. The summed E-state index contributed by atoms with van der Waals surface area (Å²) in [5.41, 5.74) is -3.30. The Bertz CT molecular complexity index is 255. The predicted molar refractivity (Wildman–Crippen MR) is 42.1 cm³/mol. The molecular formula is C8H17NO. The lowest BCUT2D eigenvalue weighted by atomic mass is 9.84. The highest BCUT2D eigenvalue weighted by molar-refractivity contribution is 4.97. The van der Waals surface area contributed by atoms with E-state index in [1.165, 1.54) is 0 Å². The molecule has 0 aromatic carbocycles. The summed E-state index contributed by atoms with van der Waals surface area (Å²) in [6.45, 7) is -1.80. The van der Waals surface area contributed by atoms with Gasteiger partial charge >= 0.3 is 0 Å². The zero-order valence-corrected chi connectivity index (χ0v) is 6.32. The Labute approximate surface area is 71.4 Å². The molecule has 0 aliphatic carbocycles. The second kappa shape index (κ2) is 2.21. The third kappa shape index (κ3) is 1.18. The van der Waals surface area contributed by atoms with Gasteiger partial charge in [0, 0.05) is 20.3 Å². The van der Waals surface area contributed by atoms with E-state index in [1.807, 2.05) is 0 Å². The molecule has 0 radical (unpaired) electrons. The van der Waals surface area contributed by atoms with Crippen LogP contribution in [0.1, 0.15) is 35.8 Å². The first kappa shape index (κ1) is 3.11. The van der Waals surface area contributed by atoms with E-state index in [-0.39, 0.29) is 6.61 Å². The van der Waals surface area contributed by atoms with Crippen molar-refractivity contribution in [3.05, 3.63) is 0 Å². The minimum atomic E-state index is -2.71. The number of hydrogen-bond acceptors (Lipinski definition) is 2. The molecule has 0 atom stereocenters. The van der Waals surface area contributed by atoms with E-state index >= 15 is 0 Å². The van der Waals surface area contributed by atoms with Crippen molar-refractivity contribution in [1.29, 1.82) is 0 Å². The standard InChI is InChI=1S/C8H17NO/c1-7(2)8(3,4)10-6-5-9-7/h9H,5-6H2,1-4H3/i3D3,4D3. The molecule has 10 heavy (non-hydrogen) atoms. The number of ether oxygens (including phenoxy) is 1. The van der Waals surface area contributed by atoms with Gasteiger partial charge in [-0.1, -0.05) is 0 Å². The summed E-state index contributed by atoms with van der Waals surface area (Å²) in [6.07, 6.45) is 0. The highest BCUT2D eigenvalue weighted by Gasteiger charge is 2.39. The van der Waals surface area contributed by atoms with Crippen molar-refractivity contribution in [3.8, 4) is 0 Å². The Balaban J connectivity index is 3.34. The van der Waals surface area contributed by atoms with Crippen molar-refractivity contribution in [2.45, 2.75) is 38.7 Å². The molecule has 0 unspecified atom stereocenters. The van der Waals surface area contributed by atoms with E-state index in [9.17, 15) is 0 Å². The summed E-state index contributed by atoms with van der Waals surface area (Å²) in [5.74, 6) is 0. The van der Waals surface area contributed by atoms with E-state index in [0.717, 1.165) is 0 Å². The molecule has 2 nitrogen and oxygen atoms in total. The number of morpholine rings is 1. The molecule has 0 amide bonds. The van der Waals surface area contributed by atoms with Gasteiger partial charge in [-0.25, -0.2) is 0 Å². The molecule has 60 valence electrons. The molecule has 1 aliphatic rings. The smallest absolute Gasteiger partial charge is 0.0802 e. The fourth-order valence-corrected chi connectivity index (χ4v) is 0.873. The number of hydrogen-bond donors (Lipinski definition) is 1. The maximum absolute atomic E-state index is 7.49. The van der Waals surface area contributed by atoms with Gasteiger partial charge in [0.15, 0.2) is 0 Å². The third-order valence-electron chi connectivity index (χ3n) is 1.87. The average Bonchev–Trinajstić information content (AvgIpc) is 1.97. The summed E-state index contributed by atoms with van der Waals surface area (Å²) in [7, 11) is 0. The maximum Gasteiger partial charge on any atom is 0.0802 e. The van der Waals surface area contributed by atoms with Crippen molar-refractivity contribution in [1.82, 2.24) is 5.32 Å². The normalized spacial score (nSPS) is 41.4. The topological polar surface area (TPSA) is 21.3 Å². The monoisotopic (exact) mass is 149 g/mol. The fraction of sp³-hybridized carbons (Fsp3) is 1.00. The largest absolute Gasteiger partial charge is 0.372 e. The Morgan fingerprint density at radius 2 is 2.20 bits per heavy atom. The van der Waals surface area contributed by atoms with Crippen LogP contribution in [0.15, 0.2) is 0 Å². The molecular weight excluding hydrogens is 126 g/mol. The average molecular weight is 149 g/mol. The van der Waals surface area contributed by atoms with Gasteiger partial charge in [-0.05, 0) is 27.6 Å². The van der Waals surface area contributed by atoms with Gasteiger partial charge in [0.2, 0.25) is 0 Å². The molecule has 1 aliphatic heterocycles. The zero-order chi connectivity index (χ0) is 12.8. The van der Waals surface area contributed by atoms with E-state index in [1.54, 1.807) is 13.8 Å². The number of rotatable bonds is 0. The van der Waals surface area contributed by atoms with Crippen LogP contribution >= 0.6 is 0 Å². The first-order valence-electron chi connectivity index (χ1n) is 6.35. The van der Waals surface area contributed by atoms with Gasteiger partial charge in [-0.15, -0.1) is 0 Å². The summed E-state index contributed by atoms with van der Waals surface area (Å²) >= 11 is 0. The van der Waals surface area contributed by atoms with Crippen LogP contribution in [0.5, 0.6) is 0 Å². The zero-order valence-electron chi connectivity index (χ0n) is 12.3. The van der Waals surface area contributed by atoms with Crippen molar-refractivity contribution in [3.63, 3.8) is 0 Å². The van der Waals surface area contributed by atoms with Crippen molar-refractivity contribution in [2.75, 3.05) is 13.2 Å². The highest BCUT2D eigenvalue weighted by Crippen LogP contribution is 2.27. The second-order valence-corrected chi connectivity index (χ2v) is 3.08. The molecule has 1 fully saturated rings. The molecule has 0 bridgehead atoms. The number of nitrogens with one attached hydrogen (secondary N) is 1. The Hall–Kier alpha value is -0.0800. The van der Waals surface area contributed by atoms with Crippen LogP contribution in [0.3, 0.4) is 0 Å². The Morgan fingerprint density at radius 3 is 2.60 bits per heavy atom. The first-order valence-corrected chi connectivity index (χ1v) is 3.35.